The molecular weight excluding hydrogens is 310 g/mol. The van der Waals surface area contributed by atoms with Crippen LogP contribution in [0.1, 0.15) is 24.5 Å². The van der Waals surface area contributed by atoms with Gasteiger partial charge in [0.15, 0.2) is 0 Å². The van der Waals surface area contributed by atoms with Gasteiger partial charge < -0.3 is 10.2 Å². The minimum atomic E-state index is -0.182. The molecule has 1 N–H and O–H groups in total. The van der Waals surface area contributed by atoms with Crippen molar-refractivity contribution in [3.63, 3.8) is 0 Å². The molecule has 23 heavy (non-hydrogen) atoms. The van der Waals surface area contributed by atoms with Gasteiger partial charge in [-0.1, -0.05) is 13.8 Å². The maximum Gasteiger partial charge on any atom is 0.248 e. The zero-order valence-electron chi connectivity index (χ0n) is 13.8. The van der Waals surface area contributed by atoms with E-state index < -0.39 is 0 Å². The van der Waals surface area contributed by atoms with Crippen LogP contribution in [0, 0.1) is 6.92 Å². The van der Waals surface area contributed by atoms with E-state index in [1.54, 1.807) is 23.6 Å². The number of carbonyl (C=O) groups excluding carboxylic acids is 1. The Labute approximate surface area is 140 Å². The number of amides is 1. The highest BCUT2D eigenvalue weighted by atomic mass is 32.1. The fourth-order valence-corrected chi connectivity index (χ4v) is 2.72. The van der Waals surface area contributed by atoms with Crippen LogP contribution >= 0.6 is 11.3 Å². The molecule has 0 atom stereocenters. The Bertz CT molecular complexity index is 657. The number of aromatic nitrogens is 3. The predicted molar refractivity (Wildman–Crippen MR) is 94.5 cm³/mol. The lowest BCUT2D eigenvalue weighted by atomic mass is 10.4. The van der Waals surface area contributed by atoms with Crippen LogP contribution in [-0.4, -0.2) is 45.2 Å². The minimum absolute atomic E-state index is 0.182. The number of hydrogen-bond donors (Lipinski definition) is 1. The molecule has 2 rings (SSSR count). The molecule has 0 aliphatic carbocycles. The summed E-state index contributed by atoms with van der Waals surface area (Å²) in [5, 5.41) is 9.99. The zero-order chi connectivity index (χ0) is 16.7. The van der Waals surface area contributed by atoms with Crippen LogP contribution in [0.15, 0.2) is 23.8 Å². The monoisotopic (exact) mass is 333 g/mol. The first-order valence-corrected chi connectivity index (χ1v) is 8.64. The van der Waals surface area contributed by atoms with E-state index in [2.05, 4.69) is 34.1 Å². The molecule has 0 radical (unpaired) electrons. The number of aryl methyl sites for hydroxylation is 1. The van der Waals surface area contributed by atoms with Crippen LogP contribution < -0.4 is 5.32 Å². The van der Waals surface area contributed by atoms with Gasteiger partial charge in [-0.2, -0.15) is 5.10 Å². The number of thiazole rings is 1. The Morgan fingerprint density at radius 2 is 2.22 bits per heavy atom. The summed E-state index contributed by atoms with van der Waals surface area (Å²) in [5.41, 5.74) is 1.51. The van der Waals surface area contributed by atoms with Gasteiger partial charge >= 0.3 is 0 Å². The van der Waals surface area contributed by atoms with E-state index >= 15 is 0 Å². The SMILES string of the molecule is CCN(CC)CCn1cc(NC(=O)/C=C/c2csc(C)n2)cn1. The van der Waals surface area contributed by atoms with E-state index in [0.717, 1.165) is 36.9 Å². The maximum atomic E-state index is 11.9. The molecule has 0 aromatic carbocycles. The Hall–Kier alpha value is -1.99. The number of nitrogens with zero attached hydrogens (tertiary/aromatic N) is 4. The average molecular weight is 333 g/mol. The van der Waals surface area contributed by atoms with Gasteiger partial charge in [0.1, 0.15) is 0 Å². The molecule has 1 amide bonds. The molecule has 2 heterocycles. The lowest BCUT2D eigenvalue weighted by molar-refractivity contribution is -0.111. The summed E-state index contributed by atoms with van der Waals surface area (Å²) in [6.07, 6.45) is 6.72. The summed E-state index contributed by atoms with van der Waals surface area (Å²) in [6.45, 7) is 10.1. The third-order valence-electron chi connectivity index (χ3n) is 3.48. The highest BCUT2D eigenvalue weighted by Gasteiger charge is 2.04. The van der Waals surface area contributed by atoms with Crippen LogP contribution in [0.4, 0.5) is 5.69 Å². The first-order valence-electron chi connectivity index (χ1n) is 7.76. The number of carbonyl (C=O) groups is 1. The van der Waals surface area contributed by atoms with Crippen molar-refractivity contribution in [3.8, 4) is 0 Å². The molecule has 0 bridgehead atoms. The second-order valence-corrected chi connectivity index (χ2v) is 6.20. The summed E-state index contributed by atoms with van der Waals surface area (Å²) >= 11 is 1.56. The average Bonchev–Trinajstić information content (AvgIpc) is 3.15. The molecule has 0 spiro atoms. The van der Waals surface area contributed by atoms with Crippen molar-refractivity contribution in [1.29, 1.82) is 0 Å². The van der Waals surface area contributed by atoms with Crippen molar-refractivity contribution < 1.29 is 4.79 Å². The molecule has 6 nitrogen and oxygen atoms in total. The van der Waals surface area contributed by atoms with Gasteiger partial charge in [0.05, 0.1) is 29.1 Å². The van der Waals surface area contributed by atoms with Gasteiger partial charge in [0, 0.05) is 24.2 Å². The van der Waals surface area contributed by atoms with Gasteiger partial charge in [-0.3, -0.25) is 9.48 Å². The van der Waals surface area contributed by atoms with Gasteiger partial charge in [-0.05, 0) is 26.1 Å². The number of hydrogen-bond acceptors (Lipinski definition) is 5. The van der Waals surface area contributed by atoms with Gasteiger partial charge in [0.2, 0.25) is 5.91 Å². The predicted octanol–water partition coefficient (Wildman–Crippen LogP) is 2.64. The quantitative estimate of drug-likeness (QED) is 0.754. The van der Waals surface area contributed by atoms with Crippen LogP contribution in [-0.2, 0) is 11.3 Å². The molecule has 0 aliphatic heterocycles. The Morgan fingerprint density at radius 3 is 2.87 bits per heavy atom. The molecule has 7 heteroatoms. The lowest BCUT2D eigenvalue weighted by Crippen LogP contribution is -2.27. The Kier molecular flexibility index (Phi) is 6.49. The minimum Gasteiger partial charge on any atom is -0.320 e. The van der Waals surface area contributed by atoms with Crippen LogP contribution in [0.25, 0.3) is 6.08 Å². The van der Waals surface area contributed by atoms with Gasteiger partial charge in [-0.15, -0.1) is 11.3 Å². The summed E-state index contributed by atoms with van der Waals surface area (Å²) < 4.78 is 1.85. The lowest BCUT2D eigenvalue weighted by Gasteiger charge is -2.17. The first-order chi connectivity index (χ1) is 11.1. The summed E-state index contributed by atoms with van der Waals surface area (Å²) in [7, 11) is 0. The van der Waals surface area contributed by atoms with Crippen LogP contribution in [0.5, 0.6) is 0 Å². The van der Waals surface area contributed by atoms with E-state index in [9.17, 15) is 4.79 Å². The maximum absolute atomic E-state index is 11.9. The summed E-state index contributed by atoms with van der Waals surface area (Å²) in [6, 6.07) is 0. The van der Waals surface area contributed by atoms with E-state index in [0.29, 0.717) is 5.69 Å². The molecule has 2 aromatic heterocycles. The molecule has 0 aliphatic rings. The number of anilines is 1. The van der Waals surface area contributed by atoms with Gasteiger partial charge in [-0.25, -0.2) is 4.98 Å². The standard InChI is InChI=1S/C16H23N5OS/c1-4-20(5-2)8-9-21-11-15(10-17-21)19-16(22)7-6-14-12-23-13(3)18-14/h6-7,10-12H,4-5,8-9H2,1-3H3,(H,19,22)/b7-6+. The first kappa shape index (κ1) is 17.4. The molecule has 0 fully saturated rings. The molecular formula is C16H23N5OS. The van der Waals surface area contributed by atoms with Crippen molar-refractivity contribution in [2.24, 2.45) is 0 Å². The molecule has 0 saturated heterocycles. The topological polar surface area (TPSA) is 63.0 Å². The summed E-state index contributed by atoms with van der Waals surface area (Å²) in [4.78, 5) is 18.5. The van der Waals surface area contributed by atoms with Crippen LogP contribution in [0.3, 0.4) is 0 Å². The van der Waals surface area contributed by atoms with Crippen molar-refractivity contribution >= 4 is 29.0 Å². The molecule has 124 valence electrons. The largest absolute Gasteiger partial charge is 0.320 e. The van der Waals surface area contributed by atoms with E-state index in [-0.39, 0.29) is 5.91 Å². The van der Waals surface area contributed by atoms with Crippen molar-refractivity contribution in [1.82, 2.24) is 19.7 Å². The fourth-order valence-electron chi connectivity index (χ4n) is 2.14. The zero-order valence-corrected chi connectivity index (χ0v) is 14.6. The van der Waals surface area contributed by atoms with Crippen molar-refractivity contribution in [3.05, 3.63) is 34.6 Å². The smallest absolute Gasteiger partial charge is 0.248 e. The molecule has 0 unspecified atom stereocenters. The highest BCUT2D eigenvalue weighted by Crippen LogP contribution is 2.10. The number of likely N-dealkylation sites (N-methyl/N-ethyl adjacent to an activating group) is 1. The Morgan fingerprint density at radius 1 is 1.43 bits per heavy atom. The molecule has 2 aromatic rings. The fraction of sp³-hybridized carbons (Fsp3) is 0.438. The second-order valence-electron chi connectivity index (χ2n) is 5.13. The third kappa shape index (κ3) is 5.61. The number of rotatable bonds is 8. The molecule has 0 saturated carbocycles. The highest BCUT2D eigenvalue weighted by molar-refractivity contribution is 7.09. The van der Waals surface area contributed by atoms with Crippen LogP contribution in [0.2, 0.25) is 0 Å². The van der Waals surface area contributed by atoms with Gasteiger partial charge in [0.25, 0.3) is 0 Å². The van der Waals surface area contributed by atoms with E-state index in [4.69, 9.17) is 0 Å². The summed E-state index contributed by atoms with van der Waals surface area (Å²) in [5.74, 6) is -0.182. The van der Waals surface area contributed by atoms with E-state index in [1.165, 1.54) is 6.08 Å². The van der Waals surface area contributed by atoms with Crippen molar-refractivity contribution in [2.75, 3.05) is 25.0 Å². The number of nitrogens with one attached hydrogen (secondary N) is 1. The van der Waals surface area contributed by atoms with E-state index in [1.807, 2.05) is 23.2 Å². The third-order valence-corrected chi connectivity index (χ3v) is 4.27. The van der Waals surface area contributed by atoms with Crippen molar-refractivity contribution in [2.45, 2.75) is 27.3 Å². The Balaban J connectivity index is 1.83. The second kappa shape index (κ2) is 8.59. The normalized spacial score (nSPS) is 11.5.